The highest BCUT2D eigenvalue weighted by Crippen LogP contribution is 2.53. The average Bonchev–Trinajstić information content (AvgIpc) is 2.71. The van der Waals surface area contributed by atoms with Crippen LogP contribution in [0.4, 0.5) is 4.79 Å². The lowest BCUT2D eigenvalue weighted by Crippen LogP contribution is -2.66. The second kappa shape index (κ2) is 8.83. The van der Waals surface area contributed by atoms with Crippen LogP contribution in [0, 0.1) is 5.41 Å². The van der Waals surface area contributed by atoms with Gasteiger partial charge in [-0.25, -0.2) is 4.79 Å². The minimum atomic E-state index is -0.116. The fourth-order valence-electron chi connectivity index (χ4n) is 4.65. The van der Waals surface area contributed by atoms with E-state index in [9.17, 15) is 4.79 Å². The Morgan fingerprint density at radius 2 is 1.89 bits per heavy atom. The molecule has 2 fully saturated rings. The van der Waals surface area contributed by atoms with Gasteiger partial charge in [0, 0.05) is 24.6 Å². The van der Waals surface area contributed by atoms with Crippen molar-refractivity contribution in [2.45, 2.75) is 64.1 Å². The number of carbonyl (C=O) groups is 1. The summed E-state index contributed by atoms with van der Waals surface area (Å²) in [5, 5.41) is 6.17. The van der Waals surface area contributed by atoms with Crippen molar-refractivity contribution in [1.29, 1.82) is 0 Å². The molecule has 6 heteroatoms. The van der Waals surface area contributed by atoms with Crippen LogP contribution in [0.25, 0.3) is 0 Å². The zero-order valence-corrected chi connectivity index (χ0v) is 16.7. The molecular formula is C21H32N2O4. The van der Waals surface area contributed by atoms with Gasteiger partial charge in [0.05, 0.1) is 20.3 Å². The molecule has 150 valence electrons. The second-order valence-electron chi connectivity index (χ2n) is 7.54. The van der Waals surface area contributed by atoms with Crippen LogP contribution >= 0.6 is 0 Å². The summed E-state index contributed by atoms with van der Waals surface area (Å²) in [5.41, 5.74) is 1.10. The maximum absolute atomic E-state index is 12.5. The van der Waals surface area contributed by atoms with Gasteiger partial charge in [0.1, 0.15) is 0 Å². The molecule has 0 radical (unpaired) electrons. The number of urea groups is 1. The second-order valence-corrected chi connectivity index (χ2v) is 7.54. The summed E-state index contributed by atoms with van der Waals surface area (Å²) in [5.74, 6) is 1.35. The van der Waals surface area contributed by atoms with Crippen LogP contribution in [-0.4, -0.2) is 39.0 Å². The number of benzene rings is 1. The normalized spacial score (nSPS) is 23.4. The first-order chi connectivity index (χ1) is 13.1. The van der Waals surface area contributed by atoms with Gasteiger partial charge in [0.2, 0.25) is 0 Å². The van der Waals surface area contributed by atoms with Crippen molar-refractivity contribution in [3.05, 3.63) is 23.8 Å². The largest absolute Gasteiger partial charge is 0.493 e. The molecule has 0 aromatic heterocycles. The third-order valence-electron chi connectivity index (χ3n) is 6.14. The number of nitrogens with one attached hydrogen (secondary N) is 2. The van der Waals surface area contributed by atoms with Crippen molar-refractivity contribution in [2.75, 3.05) is 20.8 Å². The Balaban J connectivity index is 1.55. The molecule has 2 aliphatic carbocycles. The number of amides is 2. The first kappa shape index (κ1) is 19.8. The van der Waals surface area contributed by atoms with Crippen molar-refractivity contribution in [1.82, 2.24) is 10.6 Å². The Morgan fingerprint density at radius 1 is 1.15 bits per heavy atom. The van der Waals surface area contributed by atoms with Gasteiger partial charge in [-0.3, -0.25) is 0 Å². The van der Waals surface area contributed by atoms with Gasteiger partial charge in [-0.1, -0.05) is 25.3 Å². The lowest BCUT2D eigenvalue weighted by molar-refractivity contribution is -0.146. The van der Waals surface area contributed by atoms with Crippen LogP contribution in [0.15, 0.2) is 18.2 Å². The molecule has 0 saturated heterocycles. The predicted octanol–water partition coefficient (Wildman–Crippen LogP) is 3.63. The maximum Gasteiger partial charge on any atom is 0.315 e. The smallest absolute Gasteiger partial charge is 0.315 e. The first-order valence-corrected chi connectivity index (χ1v) is 10.00. The molecule has 2 amide bonds. The number of methoxy groups -OCH3 is 2. The van der Waals surface area contributed by atoms with Crippen LogP contribution in [0.5, 0.6) is 11.5 Å². The van der Waals surface area contributed by atoms with Crippen LogP contribution in [-0.2, 0) is 11.3 Å². The monoisotopic (exact) mass is 376 g/mol. The zero-order chi connectivity index (χ0) is 19.3. The number of hydrogen-bond donors (Lipinski definition) is 2. The van der Waals surface area contributed by atoms with Gasteiger partial charge in [0.25, 0.3) is 0 Å². The molecule has 0 bridgehead atoms. The van der Waals surface area contributed by atoms with Crippen LogP contribution < -0.4 is 20.1 Å². The molecular weight excluding hydrogens is 344 g/mol. The van der Waals surface area contributed by atoms with Crippen LogP contribution in [0.1, 0.15) is 51.0 Å². The molecule has 2 N–H and O–H groups in total. The highest BCUT2D eigenvalue weighted by molar-refractivity contribution is 5.74. The van der Waals surface area contributed by atoms with Gasteiger partial charge in [-0.15, -0.1) is 0 Å². The van der Waals surface area contributed by atoms with Gasteiger partial charge in [0.15, 0.2) is 11.5 Å². The minimum Gasteiger partial charge on any atom is -0.493 e. The molecule has 2 saturated carbocycles. The number of carbonyl (C=O) groups excluding carboxylic acids is 1. The summed E-state index contributed by atoms with van der Waals surface area (Å²) in [6.45, 7) is 3.23. The summed E-state index contributed by atoms with van der Waals surface area (Å²) in [7, 11) is 3.22. The van der Waals surface area contributed by atoms with E-state index in [1.807, 2.05) is 25.1 Å². The lowest BCUT2D eigenvalue weighted by Gasteiger charge is -2.57. The summed E-state index contributed by atoms with van der Waals surface area (Å²) in [6.07, 6.45) is 7.26. The predicted molar refractivity (Wildman–Crippen MR) is 104 cm³/mol. The first-order valence-electron chi connectivity index (χ1n) is 10.00. The quantitative estimate of drug-likeness (QED) is 0.762. The minimum absolute atomic E-state index is 0.116. The van der Waals surface area contributed by atoms with E-state index in [1.54, 1.807) is 14.2 Å². The van der Waals surface area contributed by atoms with E-state index in [-0.39, 0.29) is 17.5 Å². The molecule has 0 heterocycles. The standard InChI is InChI=1S/C21H32N2O4/c1-4-27-19-13-18(21(19)10-6-5-7-11-21)23-20(24)22-14-15-8-9-16(25-2)17(12-15)26-3/h8-9,12,18-19H,4-7,10-11,13-14H2,1-3H3,(H2,22,23,24). The van der Waals surface area contributed by atoms with E-state index in [0.29, 0.717) is 24.1 Å². The number of ether oxygens (including phenoxy) is 3. The molecule has 1 spiro atoms. The van der Waals surface area contributed by atoms with Crippen molar-refractivity contribution in [2.24, 2.45) is 5.41 Å². The Labute approximate surface area is 161 Å². The number of hydrogen-bond acceptors (Lipinski definition) is 4. The van der Waals surface area contributed by atoms with E-state index in [0.717, 1.165) is 31.4 Å². The highest BCUT2D eigenvalue weighted by Gasteiger charge is 2.56. The summed E-state index contributed by atoms with van der Waals surface area (Å²) in [6, 6.07) is 5.76. The van der Waals surface area contributed by atoms with Crippen molar-refractivity contribution < 1.29 is 19.0 Å². The lowest BCUT2D eigenvalue weighted by atomic mass is 9.55. The molecule has 3 rings (SSSR count). The van der Waals surface area contributed by atoms with Crippen molar-refractivity contribution in [3.63, 3.8) is 0 Å². The van der Waals surface area contributed by atoms with E-state index in [4.69, 9.17) is 14.2 Å². The molecule has 2 atom stereocenters. The van der Waals surface area contributed by atoms with E-state index >= 15 is 0 Å². The molecule has 1 aromatic rings. The molecule has 1 aromatic carbocycles. The Bertz CT molecular complexity index is 643. The van der Waals surface area contributed by atoms with Gasteiger partial charge in [-0.05, 0) is 43.9 Å². The maximum atomic E-state index is 12.5. The van der Waals surface area contributed by atoms with Gasteiger partial charge in [-0.2, -0.15) is 0 Å². The third-order valence-corrected chi connectivity index (χ3v) is 6.14. The summed E-state index contributed by atoms with van der Waals surface area (Å²) >= 11 is 0. The molecule has 0 aliphatic heterocycles. The SMILES string of the molecule is CCOC1CC(NC(=O)NCc2ccc(OC)c(OC)c2)C12CCCCC2. The summed E-state index contributed by atoms with van der Waals surface area (Å²) < 4.78 is 16.5. The molecule has 6 nitrogen and oxygen atoms in total. The third kappa shape index (κ3) is 4.15. The zero-order valence-electron chi connectivity index (χ0n) is 16.7. The highest BCUT2D eigenvalue weighted by atomic mass is 16.5. The average molecular weight is 376 g/mol. The summed E-state index contributed by atoms with van der Waals surface area (Å²) in [4.78, 5) is 12.5. The van der Waals surface area contributed by atoms with Gasteiger partial charge < -0.3 is 24.8 Å². The fraction of sp³-hybridized carbons (Fsp3) is 0.667. The Hall–Kier alpha value is -1.95. The van der Waals surface area contributed by atoms with Crippen LogP contribution in [0.3, 0.4) is 0 Å². The fourth-order valence-corrected chi connectivity index (χ4v) is 4.65. The Kier molecular flexibility index (Phi) is 6.47. The Morgan fingerprint density at radius 3 is 2.56 bits per heavy atom. The van der Waals surface area contributed by atoms with E-state index in [1.165, 1.54) is 19.3 Å². The van der Waals surface area contributed by atoms with Crippen LogP contribution in [0.2, 0.25) is 0 Å². The molecule has 2 unspecified atom stereocenters. The van der Waals surface area contributed by atoms with Crippen molar-refractivity contribution in [3.8, 4) is 11.5 Å². The van der Waals surface area contributed by atoms with Gasteiger partial charge >= 0.3 is 6.03 Å². The molecule has 27 heavy (non-hydrogen) atoms. The molecule has 2 aliphatic rings. The number of rotatable bonds is 7. The topological polar surface area (TPSA) is 68.8 Å². The van der Waals surface area contributed by atoms with Crippen molar-refractivity contribution >= 4 is 6.03 Å². The van der Waals surface area contributed by atoms with E-state index < -0.39 is 0 Å². The van der Waals surface area contributed by atoms with E-state index in [2.05, 4.69) is 10.6 Å².